The minimum Gasteiger partial charge on any atom is -0.490 e. The molecule has 4 rings (SSSR count). The third kappa shape index (κ3) is 4.18. The Balaban J connectivity index is 1.48. The molecule has 152 valence electrons. The molecule has 2 N–H and O–H groups in total. The number of piperidine rings is 1. The van der Waals surface area contributed by atoms with Gasteiger partial charge in [0.15, 0.2) is 0 Å². The van der Waals surface area contributed by atoms with Crippen molar-refractivity contribution < 1.29 is 4.74 Å². The zero-order valence-electron chi connectivity index (χ0n) is 17.3. The Morgan fingerprint density at radius 2 is 1.90 bits per heavy atom. The predicted molar refractivity (Wildman–Crippen MR) is 115 cm³/mol. The van der Waals surface area contributed by atoms with Crippen LogP contribution >= 0.6 is 0 Å². The number of benzene rings is 1. The number of ether oxygens (including phenoxy) is 1. The Morgan fingerprint density at radius 3 is 2.59 bits per heavy atom. The number of hydrogen-bond acceptors (Lipinski definition) is 6. The SMILES string of the molecule is CCc1cc(-c2cc(N3CCC(Oc4ccccc4C)CC3)nc(N)n2)n(C)n1. The van der Waals surface area contributed by atoms with Gasteiger partial charge in [-0.05, 0) is 31.0 Å². The Labute approximate surface area is 171 Å². The quantitative estimate of drug-likeness (QED) is 0.717. The monoisotopic (exact) mass is 392 g/mol. The maximum atomic E-state index is 6.22. The highest BCUT2D eigenvalue weighted by Crippen LogP contribution is 2.27. The molecule has 1 aromatic carbocycles. The summed E-state index contributed by atoms with van der Waals surface area (Å²) >= 11 is 0. The van der Waals surface area contributed by atoms with Crippen LogP contribution in [0.4, 0.5) is 11.8 Å². The van der Waals surface area contributed by atoms with Crippen molar-refractivity contribution in [3.8, 4) is 17.1 Å². The Bertz CT molecular complexity index is 991. The molecule has 0 spiro atoms. The Kier molecular flexibility index (Phi) is 5.38. The largest absolute Gasteiger partial charge is 0.490 e. The second kappa shape index (κ2) is 8.11. The number of anilines is 2. The molecule has 3 heterocycles. The molecule has 0 saturated carbocycles. The summed E-state index contributed by atoms with van der Waals surface area (Å²) in [6.07, 6.45) is 2.99. The van der Waals surface area contributed by atoms with E-state index < -0.39 is 0 Å². The molecule has 0 bridgehead atoms. The highest BCUT2D eigenvalue weighted by molar-refractivity contribution is 5.62. The van der Waals surface area contributed by atoms with Crippen molar-refractivity contribution in [2.75, 3.05) is 23.7 Å². The van der Waals surface area contributed by atoms with Crippen molar-refractivity contribution >= 4 is 11.8 Å². The van der Waals surface area contributed by atoms with Gasteiger partial charge in [0.05, 0.1) is 17.1 Å². The Hall–Kier alpha value is -3.09. The fraction of sp³-hybridized carbons (Fsp3) is 0.409. The summed E-state index contributed by atoms with van der Waals surface area (Å²) in [4.78, 5) is 11.2. The molecule has 0 radical (unpaired) electrons. The summed E-state index contributed by atoms with van der Waals surface area (Å²) < 4.78 is 8.08. The minimum atomic E-state index is 0.218. The Morgan fingerprint density at radius 1 is 1.14 bits per heavy atom. The van der Waals surface area contributed by atoms with Crippen molar-refractivity contribution in [2.24, 2.45) is 7.05 Å². The number of nitrogens with zero attached hydrogens (tertiary/aromatic N) is 5. The molecule has 2 aromatic heterocycles. The second-order valence-corrected chi connectivity index (χ2v) is 7.54. The van der Waals surface area contributed by atoms with Gasteiger partial charge < -0.3 is 15.4 Å². The first-order valence-corrected chi connectivity index (χ1v) is 10.2. The van der Waals surface area contributed by atoms with Gasteiger partial charge in [0.25, 0.3) is 0 Å². The average Bonchev–Trinajstić information content (AvgIpc) is 3.11. The lowest BCUT2D eigenvalue weighted by atomic mass is 10.1. The highest BCUT2D eigenvalue weighted by atomic mass is 16.5. The van der Waals surface area contributed by atoms with Gasteiger partial charge in [-0.25, -0.2) is 4.98 Å². The van der Waals surface area contributed by atoms with Crippen LogP contribution in [-0.4, -0.2) is 38.9 Å². The van der Waals surface area contributed by atoms with Gasteiger partial charge >= 0.3 is 0 Å². The number of nitrogens with two attached hydrogens (primary N) is 1. The van der Waals surface area contributed by atoms with Crippen molar-refractivity contribution in [1.29, 1.82) is 0 Å². The molecule has 0 unspecified atom stereocenters. The van der Waals surface area contributed by atoms with Gasteiger partial charge in [0.2, 0.25) is 5.95 Å². The molecular weight excluding hydrogens is 364 g/mol. The molecule has 0 atom stereocenters. The van der Waals surface area contributed by atoms with E-state index in [-0.39, 0.29) is 12.1 Å². The first-order valence-electron chi connectivity index (χ1n) is 10.2. The molecule has 1 saturated heterocycles. The highest BCUT2D eigenvalue weighted by Gasteiger charge is 2.23. The van der Waals surface area contributed by atoms with Crippen LogP contribution in [0.2, 0.25) is 0 Å². The first-order chi connectivity index (χ1) is 14.0. The predicted octanol–water partition coefficient (Wildman–Crippen LogP) is 3.38. The third-order valence-corrected chi connectivity index (χ3v) is 5.44. The summed E-state index contributed by atoms with van der Waals surface area (Å²) in [5.74, 6) is 2.12. The van der Waals surface area contributed by atoms with Crippen LogP contribution in [-0.2, 0) is 13.5 Å². The maximum Gasteiger partial charge on any atom is 0.222 e. The topological polar surface area (TPSA) is 82.1 Å². The van der Waals surface area contributed by atoms with Crippen LogP contribution < -0.4 is 15.4 Å². The van der Waals surface area contributed by atoms with Gasteiger partial charge in [-0.3, -0.25) is 4.68 Å². The number of aryl methyl sites for hydroxylation is 3. The molecule has 7 nitrogen and oxygen atoms in total. The van der Waals surface area contributed by atoms with Crippen LogP contribution in [0.25, 0.3) is 11.4 Å². The zero-order valence-corrected chi connectivity index (χ0v) is 17.3. The van der Waals surface area contributed by atoms with E-state index in [1.807, 2.05) is 36.0 Å². The van der Waals surface area contributed by atoms with E-state index in [2.05, 4.69) is 45.9 Å². The molecule has 3 aromatic rings. The number of hydrogen-bond donors (Lipinski definition) is 1. The zero-order chi connectivity index (χ0) is 20.4. The fourth-order valence-corrected chi connectivity index (χ4v) is 3.76. The van der Waals surface area contributed by atoms with Gasteiger partial charge in [0, 0.05) is 39.0 Å². The van der Waals surface area contributed by atoms with Crippen molar-refractivity contribution in [1.82, 2.24) is 19.7 Å². The average molecular weight is 393 g/mol. The van der Waals surface area contributed by atoms with E-state index in [0.717, 1.165) is 61.0 Å². The van der Waals surface area contributed by atoms with E-state index in [9.17, 15) is 0 Å². The third-order valence-electron chi connectivity index (χ3n) is 5.44. The lowest BCUT2D eigenvalue weighted by Crippen LogP contribution is -2.39. The van der Waals surface area contributed by atoms with Crippen molar-refractivity contribution in [2.45, 2.75) is 39.2 Å². The number of para-hydroxylation sites is 1. The molecule has 29 heavy (non-hydrogen) atoms. The normalized spacial score (nSPS) is 14.9. The number of nitrogen functional groups attached to an aromatic ring is 1. The molecule has 7 heteroatoms. The van der Waals surface area contributed by atoms with Gasteiger partial charge in [-0.1, -0.05) is 25.1 Å². The second-order valence-electron chi connectivity index (χ2n) is 7.54. The van der Waals surface area contributed by atoms with Crippen LogP contribution in [0, 0.1) is 6.92 Å². The van der Waals surface area contributed by atoms with Gasteiger partial charge in [-0.15, -0.1) is 0 Å². The van der Waals surface area contributed by atoms with Crippen molar-refractivity contribution in [3.05, 3.63) is 47.7 Å². The summed E-state index contributed by atoms with van der Waals surface area (Å²) in [7, 11) is 1.93. The van der Waals surface area contributed by atoms with E-state index in [4.69, 9.17) is 10.5 Å². The molecule has 0 aliphatic carbocycles. The summed E-state index contributed by atoms with van der Waals surface area (Å²) in [6.45, 7) is 5.92. The van der Waals surface area contributed by atoms with E-state index in [1.165, 1.54) is 5.56 Å². The minimum absolute atomic E-state index is 0.218. The first kappa shape index (κ1) is 19.2. The van der Waals surface area contributed by atoms with Crippen LogP contribution in [0.15, 0.2) is 36.4 Å². The van der Waals surface area contributed by atoms with Crippen LogP contribution in [0.3, 0.4) is 0 Å². The summed E-state index contributed by atoms with van der Waals surface area (Å²) in [6, 6.07) is 12.2. The summed E-state index contributed by atoms with van der Waals surface area (Å²) in [5, 5.41) is 4.52. The lowest BCUT2D eigenvalue weighted by Gasteiger charge is -2.33. The smallest absolute Gasteiger partial charge is 0.222 e. The van der Waals surface area contributed by atoms with Gasteiger partial charge in [0.1, 0.15) is 17.7 Å². The number of rotatable bonds is 5. The van der Waals surface area contributed by atoms with Crippen LogP contribution in [0.1, 0.15) is 31.0 Å². The van der Waals surface area contributed by atoms with Gasteiger partial charge in [-0.2, -0.15) is 10.1 Å². The number of aromatic nitrogens is 4. The molecule has 0 amide bonds. The molecule has 1 aliphatic rings. The van der Waals surface area contributed by atoms with E-state index >= 15 is 0 Å². The molecule has 1 aliphatic heterocycles. The maximum absolute atomic E-state index is 6.22. The molecule has 1 fully saturated rings. The summed E-state index contributed by atoms with van der Waals surface area (Å²) in [5.41, 5.74) is 10.0. The fourth-order valence-electron chi connectivity index (χ4n) is 3.76. The van der Waals surface area contributed by atoms with E-state index in [0.29, 0.717) is 0 Å². The molecular formula is C22H28N6O. The van der Waals surface area contributed by atoms with Crippen molar-refractivity contribution in [3.63, 3.8) is 0 Å². The van der Waals surface area contributed by atoms with Crippen LogP contribution in [0.5, 0.6) is 5.75 Å². The standard InChI is InChI=1S/C22H28N6O/c1-4-16-13-19(27(3)26-16)18-14-21(25-22(23)24-18)28-11-9-17(10-12-28)29-20-8-6-5-7-15(20)2/h5-8,13-14,17H,4,9-12H2,1-3H3,(H2,23,24,25). The lowest BCUT2D eigenvalue weighted by molar-refractivity contribution is 0.169. The van der Waals surface area contributed by atoms with E-state index in [1.54, 1.807) is 0 Å².